The van der Waals surface area contributed by atoms with Gasteiger partial charge in [0.05, 0.1) is 12.8 Å². The average Bonchev–Trinajstić information content (AvgIpc) is 3.01. The molecule has 1 aliphatic heterocycles. The quantitative estimate of drug-likeness (QED) is 0.176. The zero-order valence-electron chi connectivity index (χ0n) is 20.7. The molecule has 2 aromatic carbocycles. The summed E-state index contributed by atoms with van der Waals surface area (Å²) < 4.78 is 17.1. The first-order valence-corrected chi connectivity index (χ1v) is 12.7. The normalized spacial score (nSPS) is 14.2. The summed E-state index contributed by atoms with van der Waals surface area (Å²) in [5.74, 6) is 1.07. The highest BCUT2D eigenvalue weighted by Crippen LogP contribution is 2.44. The van der Waals surface area contributed by atoms with E-state index in [1.54, 1.807) is 23.1 Å². The first-order valence-electron chi connectivity index (χ1n) is 11.7. The lowest BCUT2D eigenvalue weighted by atomic mass is 10.1. The molecule has 0 radical (unpaired) electrons. The Bertz CT molecular complexity index is 1270. The van der Waals surface area contributed by atoms with Gasteiger partial charge in [0, 0.05) is 30.7 Å². The number of carbonyl (C=O) groups excluding carboxylic acids is 2. The number of benzene rings is 2. The van der Waals surface area contributed by atoms with E-state index in [1.807, 2.05) is 24.3 Å². The van der Waals surface area contributed by atoms with E-state index in [-0.39, 0.29) is 17.5 Å². The van der Waals surface area contributed by atoms with Gasteiger partial charge in [-0.2, -0.15) is 4.98 Å². The molecule has 0 N–H and O–H groups in total. The van der Waals surface area contributed by atoms with Crippen LogP contribution in [0.15, 0.2) is 47.6 Å². The van der Waals surface area contributed by atoms with E-state index < -0.39 is 12.2 Å². The predicted molar refractivity (Wildman–Crippen MR) is 136 cm³/mol. The topological polar surface area (TPSA) is 104 Å². The number of anilines is 1. The van der Waals surface area contributed by atoms with Crippen LogP contribution < -0.4 is 19.1 Å². The van der Waals surface area contributed by atoms with E-state index in [1.165, 1.54) is 32.7 Å². The second-order valence-corrected chi connectivity index (χ2v) is 9.25. The number of aromatic nitrogens is 3. The fourth-order valence-electron chi connectivity index (χ4n) is 3.92. The van der Waals surface area contributed by atoms with Crippen LogP contribution in [0.5, 0.6) is 17.4 Å². The third-order valence-corrected chi connectivity index (χ3v) is 6.48. The first-order chi connectivity index (χ1) is 17.4. The second-order valence-electron chi connectivity index (χ2n) is 8.18. The van der Waals surface area contributed by atoms with Crippen LogP contribution in [0.2, 0.25) is 0 Å². The Morgan fingerprint density at radius 3 is 2.61 bits per heavy atom. The van der Waals surface area contributed by atoms with Gasteiger partial charge in [-0.15, -0.1) is 10.2 Å². The maximum atomic E-state index is 13.0. The van der Waals surface area contributed by atoms with Gasteiger partial charge in [-0.1, -0.05) is 49.7 Å². The van der Waals surface area contributed by atoms with Crippen LogP contribution in [-0.4, -0.2) is 39.9 Å². The third-order valence-electron chi connectivity index (χ3n) is 5.56. The molecule has 188 valence electrons. The van der Waals surface area contributed by atoms with Crippen molar-refractivity contribution in [2.24, 2.45) is 0 Å². The number of unbranched alkanes of at least 4 members (excludes halogenated alkanes) is 2. The molecular formula is C26H28N4O5S. The predicted octanol–water partition coefficient (Wildman–Crippen LogP) is 5.20. The van der Waals surface area contributed by atoms with Gasteiger partial charge in [0.25, 0.3) is 0 Å². The van der Waals surface area contributed by atoms with Crippen LogP contribution in [0.4, 0.5) is 5.69 Å². The van der Waals surface area contributed by atoms with Crippen molar-refractivity contribution in [1.82, 2.24) is 15.2 Å². The molecule has 0 fully saturated rings. The molecule has 1 aliphatic rings. The molecule has 0 saturated heterocycles. The largest absolute Gasteiger partial charge is 0.493 e. The molecule has 1 atom stereocenters. The van der Waals surface area contributed by atoms with Crippen molar-refractivity contribution in [3.63, 3.8) is 0 Å². The van der Waals surface area contributed by atoms with Crippen molar-refractivity contribution >= 4 is 29.3 Å². The van der Waals surface area contributed by atoms with E-state index in [0.29, 0.717) is 33.4 Å². The standard InChI is InChI=1S/C26H28N4O5S/c1-5-6-9-14-36-26-27-24-23(28-29-26)19-10-7-8-11-20(19)30(16(2)31)25(35-24)18-12-13-21(34-17(3)32)22(15-18)33-4/h7-8,10-13,15,25H,5-6,9,14H2,1-4H3/t25-/m0/s1. The van der Waals surface area contributed by atoms with Gasteiger partial charge in [0.15, 0.2) is 17.2 Å². The number of methoxy groups -OCH3 is 1. The summed E-state index contributed by atoms with van der Waals surface area (Å²) in [5, 5.41) is 9.27. The van der Waals surface area contributed by atoms with Gasteiger partial charge in [-0.3, -0.25) is 14.5 Å². The average molecular weight is 509 g/mol. The summed E-state index contributed by atoms with van der Waals surface area (Å²) in [6.45, 7) is 4.95. The number of fused-ring (bicyclic) bond motifs is 3. The zero-order valence-corrected chi connectivity index (χ0v) is 21.5. The van der Waals surface area contributed by atoms with E-state index in [0.717, 1.165) is 25.0 Å². The molecule has 10 heteroatoms. The molecule has 1 aromatic heterocycles. The molecule has 0 spiro atoms. The summed E-state index contributed by atoms with van der Waals surface area (Å²) in [4.78, 5) is 30.7. The van der Waals surface area contributed by atoms with Crippen LogP contribution in [-0.2, 0) is 9.59 Å². The first kappa shape index (κ1) is 25.4. The molecule has 1 amide bonds. The Balaban J connectivity index is 1.80. The number of hydrogen-bond acceptors (Lipinski definition) is 9. The highest BCUT2D eigenvalue weighted by molar-refractivity contribution is 7.99. The number of amides is 1. The smallest absolute Gasteiger partial charge is 0.308 e. The van der Waals surface area contributed by atoms with Gasteiger partial charge in [-0.05, 0) is 30.7 Å². The maximum Gasteiger partial charge on any atom is 0.308 e. The van der Waals surface area contributed by atoms with Crippen LogP contribution in [0.25, 0.3) is 11.3 Å². The van der Waals surface area contributed by atoms with Gasteiger partial charge in [0.1, 0.15) is 0 Å². The molecule has 0 aliphatic carbocycles. The van der Waals surface area contributed by atoms with Gasteiger partial charge in [-0.25, -0.2) is 0 Å². The molecule has 4 rings (SSSR count). The zero-order chi connectivity index (χ0) is 25.7. The highest BCUT2D eigenvalue weighted by atomic mass is 32.2. The minimum absolute atomic E-state index is 0.231. The summed E-state index contributed by atoms with van der Waals surface area (Å²) in [5.41, 5.74) is 2.38. The molecule has 36 heavy (non-hydrogen) atoms. The minimum atomic E-state index is -0.875. The van der Waals surface area contributed by atoms with E-state index >= 15 is 0 Å². The maximum absolute atomic E-state index is 13.0. The Kier molecular flexibility index (Phi) is 8.04. The number of nitrogens with zero attached hydrogens (tertiary/aromatic N) is 4. The summed E-state index contributed by atoms with van der Waals surface area (Å²) in [6.07, 6.45) is 2.45. The Hall–Kier alpha value is -3.66. The van der Waals surface area contributed by atoms with Crippen molar-refractivity contribution in [3.05, 3.63) is 48.0 Å². The fourth-order valence-corrected chi connectivity index (χ4v) is 4.70. The number of carbonyl (C=O) groups is 2. The molecule has 3 aromatic rings. The molecular weight excluding hydrogens is 480 g/mol. The molecule has 2 heterocycles. The highest BCUT2D eigenvalue weighted by Gasteiger charge is 2.35. The van der Waals surface area contributed by atoms with Gasteiger partial charge >= 0.3 is 5.97 Å². The summed E-state index contributed by atoms with van der Waals surface area (Å²) >= 11 is 1.53. The number of ether oxygens (including phenoxy) is 3. The molecule has 0 bridgehead atoms. The Morgan fingerprint density at radius 2 is 1.89 bits per heavy atom. The van der Waals surface area contributed by atoms with Crippen molar-refractivity contribution in [2.75, 3.05) is 17.8 Å². The van der Waals surface area contributed by atoms with Crippen LogP contribution in [0, 0.1) is 0 Å². The lowest BCUT2D eigenvalue weighted by Gasteiger charge is -2.30. The van der Waals surface area contributed by atoms with Gasteiger partial charge in [0.2, 0.25) is 23.2 Å². The van der Waals surface area contributed by atoms with Crippen molar-refractivity contribution in [1.29, 1.82) is 0 Å². The monoisotopic (exact) mass is 508 g/mol. The minimum Gasteiger partial charge on any atom is -0.493 e. The van der Waals surface area contributed by atoms with Crippen LogP contribution >= 0.6 is 11.8 Å². The fraction of sp³-hybridized carbons (Fsp3) is 0.346. The van der Waals surface area contributed by atoms with Crippen LogP contribution in [0.3, 0.4) is 0 Å². The number of thioether (sulfide) groups is 1. The number of hydrogen-bond donors (Lipinski definition) is 0. The van der Waals surface area contributed by atoms with Crippen molar-refractivity contribution in [2.45, 2.75) is 51.4 Å². The Labute approximate surface area is 214 Å². The summed E-state index contributed by atoms with van der Waals surface area (Å²) in [6, 6.07) is 12.4. The molecule has 0 unspecified atom stereocenters. The SMILES string of the molecule is CCCCCSc1nnc2c(n1)O[C@@H](c1ccc(OC(C)=O)c(OC)c1)N(C(C)=O)c1ccccc1-2. The second kappa shape index (κ2) is 11.4. The van der Waals surface area contributed by atoms with Gasteiger partial charge < -0.3 is 14.2 Å². The lowest BCUT2D eigenvalue weighted by molar-refractivity contribution is -0.132. The molecule has 0 saturated carbocycles. The number of para-hydroxylation sites is 1. The summed E-state index contributed by atoms with van der Waals surface area (Å²) in [7, 11) is 1.48. The van der Waals surface area contributed by atoms with Crippen molar-refractivity contribution < 1.29 is 23.8 Å². The number of esters is 1. The molecule has 9 nitrogen and oxygen atoms in total. The lowest BCUT2D eigenvalue weighted by Crippen LogP contribution is -2.36. The van der Waals surface area contributed by atoms with E-state index in [2.05, 4.69) is 22.1 Å². The van der Waals surface area contributed by atoms with Crippen molar-refractivity contribution in [3.8, 4) is 28.6 Å². The van der Waals surface area contributed by atoms with E-state index in [9.17, 15) is 9.59 Å². The van der Waals surface area contributed by atoms with E-state index in [4.69, 9.17) is 14.2 Å². The number of rotatable bonds is 8. The third kappa shape index (κ3) is 5.43. The van der Waals surface area contributed by atoms with Crippen LogP contribution in [0.1, 0.15) is 51.8 Å². The Morgan fingerprint density at radius 1 is 1.08 bits per heavy atom.